The summed E-state index contributed by atoms with van der Waals surface area (Å²) in [4.78, 5) is 55.3. The average molecular weight is 686 g/mol. The third-order valence-corrected chi connectivity index (χ3v) is 10.9. The molecule has 0 saturated carbocycles. The molecule has 238 valence electrons. The lowest BCUT2D eigenvalue weighted by atomic mass is 9.81. The molecule has 1 aromatic heterocycles. The van der Waals surface area contributed by atoms with Crippen LogP contribution in [0, 0.1) is 5.92 Å². The number of nitrogens with one attached hydrogen (secondary N) is 1. The molecular weight excluding hydrogens is 659 g/mol. The molecule has 3 heterocycles. The summed E-state index contributed by atoms with van der Waals surface area (Å²) in [6.07, 6.45) is -4.67. The van der Waals surface area contributed by atoms with Gasteiger partial charge in [0.15, 0.2) is 0 Å². The van der Waals surface area contributed by atoms with Gasteiger partial charge >= 0.3 is 11.0 Å². The minimum atomic E-state index is -4.67. The second-order valence-electron chi connectivity index (χ2n) is 12.2. The highest BCUT2D eigenvalue weighted by Crippen LogP contribution is 2.54. The van der Waals surface area contributed by atoms with Gasteiger partial charge in [-0.25, -0.2) is 4.90 Å². The van der Waals surface area contributed by atoms with Crippen molar-refractivity contribution in [1.82, 2.24) is 4.57 Å². The van der Waals surface area contributed by atoms with Crippen molar-refractivity contribution in [2.45, 2.75) is 55.1 Å². The van der Waals surface area contributed by atoms with Crippen molar-refractivity contribution in [1.29, 1.82) is 0 Å². The van der Waals surface area contributed by atoms with Crippen LogP contribution >= 0.6 is 34.7 Å². The molecule has 3 atom stereocenters. The van der Waals surface area contributed by atoms with Gasteiger partial charge in [-0.05, 0) is 59.0 Å². The van der Waals surface area contributed by atoms with Gasteiger partial charge in [-0.3, -0.25) is 23.7 Å². The number of aromatic nitrogens is 1. The Morgan fingerprint density at radius 2 is 1.59 bits per heavy atom. The molecule has 4 aromatic rings. The fourth-order valence-electron chi connectivity index (χ4n) is 5.76. The Hall–Kier alpha value is -3.87. The highest BCUT2D eigenvalue weighted by Gasteiger charge is 2.57. The molecule has 0 radical (unpaired) electrons. The van der Waals surface area contributed by atoms with Crippen LogP contribution in [0.15, 0.2) is 82.6 Å². The molecule has 0 aliphatic carbocycles. The van der Waals surface area contributed by atoms with Crippen LogP contribution in [0.2, 0.25) is 5.02 Å². The molecule has 6 rings (SSSR count). The number of hydrogen-bond donors (Lipinski definition) is 1. The lowest BCUT2D eigenvalue weighted by Crippen LogP contribution is -2.33. The maximum atomic E-state index is 14.1. The number of hydrogen-bond acceptors (Lipinski definition) is 6. The fraction of sp³-hybridized carbons (Fsp3) is 0.273. The monoisotopic (exact) mass is 685 g/mol. The minimum absolute atomic E-state index is 0.167. The average Bonchev–Trinajstić information content (AvgIpc) is 3.43. The number of halogens is 4. The summed E-state index contributed by atoms with van der Waals surface area (Å²) in [6, 6.07) is 18.1. The number of carbonyl (C=O) groups is 3. The zero-order valence-corrected chi connectivity index (χ0v) is 27.1. The first-order chi connectivity index (χ1) is 21.6. The molecule has 1 N–H and O–H groups in total. The Morgan fingerprint density at radius 3 is 2.22 bits per heavy atom. The van der Waals surface area contributed by atoms with Gasteiger partial charge in [-0.2, -0.15) is 13.2 Å². The van der Waals surface area contributed by atoms with Crippen LogP contribution in [-0.2, 0) is 32.5 Å². The standard InChI is InChI=1S/C33H27ClF3N3O4S2/c1-32(2,3)18-9-7-17(8-10-18)24-25-26(29(43)40(28(25)42)22-6-4-5-19(15-22)33(35,36)37)45-30-27(24)46-31(44)39(30)16-23(41)38-21-13-11-20(34)12-14-21/h4-15,24-26H,16H2,1-3H3,(H,38,41)/t24-,25?,26?/m1/s1. The van der Waals surface area contributed by atoms with Crippen LogP contribution in [0.25, 0.3) is 0 Å². The van der Waals surface area contributed by atoms with Crippen molar-refractivity contribution in [3.8, 4) is 0 Å². The smallest absolute Gasteiger partial charge is 0.325 e. The third-order valence-electron chi connectivity index (χ3n) is 8.05. The van der Waals surface area contributed by atoms with E-state index in [0.717, 1.165) is 51.8 Å². The molecule has 1 fully saturated rings. The van der Waals surface area contributed by atoms with Crippen molar-refractivity contribution >= 4 is 63.8 Å². The molecule has 7 nitrogen and oxygen atoms in total. The molecular formula is C33H27ClF3N3O4S2. The van der Waals surface area contributed by atoms with E-state index < -0.39 is 51.4 Å². The molecule has 46 heavy (non-hydrogen) atoms. The Labute approximate surface area is 275 Å². The Morgan fingerprint density at radius 1 is 0.913 bits per heavy atom. The predicted octanol–water partition coefficient (Wildman–Crippen LogP) is 7.31. The van der Waals surface area contributed by atoms with Crippen LogP contribution in [0.5, 0.6) is 0 Å². The van der Waals surface area contributed by atoms with Gasteiger partial charge in [0.2, 0.25) is 17.7 Å². The molecule has 2 aliphatic heterocycles. The SMILES string of the molecule is CC(C)(C)c1ccc([C@H]2c3sc(=O)n(CC(=O)Nc4ccc(Cl)cc4)c3SC3C(=O)N(c4cccc(C(F)(F)F)c4)C(=O)C32)cc1. The van der Waals surface area contributed by atoms with Gasteiger partial charge in [0.05, 0.1) is 22.2 Å². The Bertz CT molecular complexity index is 1910. The van der Waals surface area contributed by atoms with Gasteiger partial charge in [-0.15, -0.1) is 0 Å². The molecule has 3 aromatic carbocycles. The number of nitrogens with zero attached hydrogens (tertiary/aromatic N) is 2. The maximum Gasteiger partial charge on any atom is 0.416 e. The number of carbonyl (C=O) groups excluding carboxylic acids is 3. The normalized spacial score (nSPS) is 19.6. The molecule has 2 aliphatic rings. The van der Waals surface area contributed by atoms with E-state index in [1.54, 1.807) is 24.3 Å². The number of fused-ring (bicyclic) bond motifs is 2. The quantitative estimate of drug-likeness (QED) is 0.223. The first-order valence-electron chi connectivity index (χ1n) is 14.2. The summed E-state index contributed by atoms with van der Waals surface area (Å²) in [5.41, 5.74) is 0.855. The number of anilines is 2. The summed E-state index contributed by atoms with van der Waals surface area (Å²) >= 11 is 7.82. The van der Waals surface area contributed by atoms with Crippen molar-refractivity contribution < 1.29 is 27.6 Å². The van der Waals surface area contributed by atoms with Gasteiger partial charge < -0.3 is 5.32 Å². The number of alkyl halides is 3. The number of imide groups is 1. The van der Waals surface area contributed by atoms with E-state index in [1.165, 1.54) is 10.6 Å². The Kier molecular flexibility index (Phi) is 8.19. The lowest BCUT2D eigenvalue weighted by Gasteiger charge is -2.31. The van der Waals surface area contributed by atoms with Crippen molar-refractivity contribution in [3.63, 3.8) is 0 Å². The zero-order valence-electron chi connectivity index (χ0n) is 24.7. The van der Waals surface area contributed by atoms with E-state index in [-0.39, 0.29) is 17.6 Å². The highest BCUT2D eigenvalue weighted by molar-refractivity contribution is 8.00. The molecule has 3 amide bonds. The molecule has 13 heteroatoms. The Balaban J connectivity index is 1.42. The van der Waals surface area contributed by atoms with E-state index in [0.29, 0.717) is 26.2 Å². The molecule has 0 spiro atoms. The van der Waals surface area contributed by atoms with E-state index in [4.69, 9.17) is 11.6 Å². The van der Waals surface area contributed by atoms with Crippen LogP contribution in [0.3, 0.4) is 0 Å². The van der Waals surface area contributed by atoms with E-state index in [1.807, 2.05) is 24.3 Å². The second kappa shape index (κ2) is 11.7. The van der Waals surface area contributed by atoms with Crippen LogP contribution in [0.1, 0.15) is 48.3 Å². The van der Waals surface area contributed by atoms with Crippen LogP contribution < -0.4 is 15.1 Å². The summed E-state index contributed by atoms with van der Waals surface area (Å²) in [7, 11) is 0. The summed E-state index contributed by atoms with van der Waals surface area (Å²) in [5.74, 6) is -3.56. The zero-order chi connectivity index (χ0) is 33.1. The van der Waals surface area contributed by atoms with Gasteiger partial charge in [-0.1, -0.05) is 85.8 Å². The summed E-state index contributed by atoms with van der Waals surface area (Å²) in [6.45, 7) is 5.81. The fourth-order valence-corrected chi connectivity index (χ4v) is 8.66. The highest BCUT2D eigenvalue weighted by atomic mass is 35.5. The minimum Gasteiger partial charge on any atom is -0.325 e. The lowest BCUT2D eigenvalue weighted by molar-refractivity contribution is -0.137. The molecule has 2 unspecified atom stereocenters. The number of benzene rings is 3. The summed E-state index contributed by atoms with van der Waals surface area (Å²) in [5, 5.41) is 2.55. The first-order valence-corrected chi connectivity index (χ1v) is 16.3. The van der Waals surface area contributed by atoms with Crippen molar-refractivity contribution in [2.24, 2.45) is 5.92 Å². The number of amides is 3. The van der Waals surface area contributed by atoms with Gasteiger partial charge in [0, 0.05) is 21.5 Å². The van der Waals surface area contributed by atoms with Crippen molar-refractivity contribution in [3.05, 3.63) is 109 Å². The second-order valence-corrected chi connectivity index (χ2v) is 14.7. The third kappa shape index (κ3) is 5.89. The summed E-state index contributed by atoms with van der Waals surface area (Å²) < 4.78 is 42.0. The number of thiazole rings is 1. The topological polar surface area (TPSA) is 88.5 Å². The van der Waals surface area contributed by atoms with E-state index in [9.17, 15) is 32.3 Å². The van der Waals surface area contributed by atoms with Crippen LogP contribution in [-0.4, -0.2) is 27.5 Å². The van der Waals surface area contributed by atoms with Gasteiger partial charge in [0.25, 0.3) is 0 Å². The molecule has 1 saturated heterocycles. The van der Waals surface area contributed by atoms with E-state index in [2.05, 4.69) is 26.1 Å². The number of rotatable bonds is 5. The van der Waals surface area contributed by atoms with E-state index >= 15 is 0 Å². The maximum absolute atomic E-state index is 14.1. The van der Waals surface area contributed by atoms with Crippen molar-refractivity contribution in [2.75, 3.05) is 10.2 Å². The predicted molar refractivity (Wildman–Crippen MR) is 173 cm³/mol. The van der Waals surface area contributed by atoms with Crippen LogP contribution in [0.4, 0.5) is 24.5 Å². The number of thioether (sulfide) groups is 1. The van der Waals surface area contributed by atoms with Gasteiger partial charge in [0.1, 0.15) is 11.8 Å². The largest absolute Gasteiger partial charge is 0.416 e. The molecule has 0 bridgehead atoms. The first kappa shape index (κ1) is 32.1.